The molecule has 0 spiro atoms. The second kappa shape index (κ2) is 5.50. The van der Waals surface area contributed by atoms with E-state index in [4.69, 9.17) is 5.73 Å². The number of piperidine rings is 1. The van der Waals surface area contributed by atoms with Crippen molar-refractivity contribution in [3.8, 4) is 0 Å². The van der Waals surface area contributed by atoms with E-state index in [1.54, 1.807) is 12.1 Å². The van der Waals surface area contributed by atoms with Gasteiger partial charge in [0.15, 0.2) is 0 Å². The molecule has 0 aliphatic carbocycles. The average molecular weight is 338 g/mol. The molecule has 8 nitrogen and oxygen atoms in total. The fraction of sp³-hybridized carbons (Fsp3) is 0.429. The number of hydroxylamine groups is 2. The molecule has 3 N–H and O–H groups in total. The summed E-state index contributed by atoms with van der Waals surface area (Å²) in [6, 6.07) is 4.85. The molecule has 0 saturated carbocycles. The van der Waals surface area contributed by atoms with Crippen LogP contribution in [-0.2, 0) is 10.0 Å². The van der Waals surface area contributed by atoms with Crippen molar-refractivity contribution in [1.29, 1.82) is 0 Å². The first-order chi connectivity index (χ1) is 10.8. The summed E-state index contributed by atoms with van der Waals surface area (Å²) in [6.07, 6.45) is 1.01. The quantitative estimate of drug-likeness (QED) is 0.478. The summed E-state index contributed by atoms with van der Waals surface area (Å²) in [5, 5.41) is 10.3. The van der Waals surface area contributed by atoms with Crippen LogP contribution in [0.25, 0.3) is 0 Å². The van der Waals surface area contributed by atoms with Crippen LogP contribution in [0, 0.1) is 6.92 Å². The van der Waals surface area contributed by atoms with Gasteiger partial charge in [0.25, 0.3) is 10.0 Å². The van der Waals surface area contributed by atoms with Gasteiger partial charge in [-0.3, -0.25) is 5.21 Å². The number of urea groups is 1. The van der Waals surface area contributed by atoms with Crippen molar-refractivity contribution in [2.45, 2.75) is 36.7 Å². The summed E-state index contributed by atoms with van der Waals surface area (Å²) in [7, 11) is -3.93. The molecule has 2 atom stereocenters. The largest absolute Gasteiger partial charge is 0.385 e. The molecule has 0 radical (unpaired) electrons. The molecule has 0 aromatic heterocycles. The van der Waals surface area contributed by atoms with Gasteiger partial charge in [0.2, 0.25) is 0 Å². The highest BCUT2D eigenvalue weighted by Gasteiger charge is 2.45. The Hall–Kier alpha value is -2.13. The Morgan fingerprint density at radius 3 is 2.61 bits per heavy atom. The summed E-state index contributed by atoms with van der Waals surface area (Å²) in [4.78, 5) is 13.3. The van der Waals surface area contributed by atoms with Crippen LogP contribution >= 0.6 is 0 Å². The van der Waals surface area contributed by atoms with E-state index in [1.807, 2.05) is 6.92 Å². The fourth-order valence-electron chi connectivity index (χ4n) is 2.92. The Morgan fingerprint density at radius 2 is 1.96 bits per heavy atom. The molecule has 0 unspecified atom stereocenters. The number of rotatable bonds is 3. The summed E-state index contributed by atoms with van der Waals surface area (Å²) in [5.74, 6) is -0.132. The number of nitrogens with two attached hydrogens (primary N) is 1. The Balaban J connectivity index is 1.87. The molecule has 2 heterocycles. The lowest BCUT2D eigenvalue weighted by molar-refractivity contribution is -0.0583. The first kappa shape index (κ1) is 15.8. The molecular formula is C14H18N4O4S. The Kier molecular flexibility index (Phi) is 3.77. The van der Waals surface area contributed by atoms with Crippen LogP contribution in [0.2, 0.25) is 0 Å². The molecular weight excluding hydrogens is 320 g/mol. The average Bonchev–Trinajstić information content (AvgIpc) is 2.72. The lowest BCUT2D eigenvalue weighted by Gasteiger charge is -2.29. The summed E-state index contributed by atoms with van der Waals surface area (Å²) < 4.78 is 28.3. The van der Waals surface area contributed by atoms with Gasteiger partial charge < -0.3 is 10.6 Å². The number of carbonyl (C=O) groups is 1. The number of hydrogen-bond acceptors (Lipinski definition) is 4. The van der Waals surface area contributed by atoms with Crippen molar-refractivity contribution in [2.75, 3.05) is 6.54 Å². The van der Waals surface area contributed by atoms with Gasteiger partial charge in [-0.1, -0.05) is 17.7 Å². The molecule has 23 heavy (non-hydrogen) atoms. The van der Waals surface area contributed by atoms with Gasteiger partial charge in [-0.2, -0.15) is 8.42 Å². The summed E-state index contributed by atoms with van der Waals surface area (Å²) in [5.41, 5.74) is 6.81. The van der Waals surface area contributed by atoms with E-state index in [-0.39, 0.29) is 16.8 Å². The van der Waals surface area contributed by atoms with E-state index >= 15 is 0 Å². The van der Waals surface area contributed by atoms with E-state index in [9.17, 15) is 18.4 Å². The van der Waals surface area contributed by atoms with E-state index in [2.05, 4.69) is 4.40 Å². The zero-order valence-corrected chi connectivity index (χ0v) is 13.4. The van der Waals surface area contributed by atoms with E-state index < -0.39 is 22.1 Å². The predicted octanol–water partition coefficient (Wildman–Crippen LogP) is 0.699. The van der Waals surface area contributed by atoms with E-state index in [0.717, 1.165) is 5.56 Å². The van der Waals surface area contributed by atoms with Gasteiger partial charge in [-0.05, 0) is 31.9 Å². The number of carbonyl (C=O) groups excluding carboxylic acids is 1. The summed E-state index contributed by atoms with van der Waals surface area (Å²) >= 11 is 0. The van der Waals surface area contributed by atoms with Crippen molar-refractivity contribution in [2.24, 2.45) is 10.1 Å². The lowest BCUT2D eigenvalue weighted by atomic mass is 10.0. The zero-order valence-electron chi connectivity index (χ0n) is 12.6. The zero-order chi connectivity index (χ0) is 16.8. The third-order valence-corrected chi connectivity index (χ3v) is 5.55. The minimum Gasteiger partial charge on any atom is -0.385 e. The Bertz CT molecular complexity index is 759. The number of fused-ring (bicyclic) bond motifs is 2. The number of nitrogens with zero attached hydrogens (tertiary/aromatic N) is 3. The van der Waals surface area contributed by atoms with Crippen LogP contribution < -0.4 is 5.73 Å². The van der Waals surface area contributed by atoms with Gasteiger partial charge in [0.1, 0.15) is 5.84 Å². The molecule has 2 amide bonds. The third kappa shape index (κ3) is 2.77. The first-order valence-electron chi connectivity index (χ1n) is 7.25. The van der Waals surface area contributed by atoms with Crippen LogP contribution in [0.5, 0.6) is 0 Å². The highest BCUT2D eigenvalue weighted by atomic mass is 32.2. The molecule has 2 bridgehead atoms. The van der Waals surface area contributed by atoms with Crippen LogP contribution in [-0.4, -0.2) is 54.1 Å². The third-order valence-electron chi connectivity index (χ3n) is 4.23. The molecule has 124 valence electrons. The topological polar surface area (TPSA) is 116 Å². The molecule has 1 aromatic carbocycles. The fourth-order valence-corrected chi connectivity index (χ4v) is 3.91. The highest BCUT2D eigenvalue weighted by molar-refractivity contribution is 7.90. The highest BCUT2D eigenvalue weighted by Crippen LogP contribution is 2.28. The maximum Gasteiger partial charge on any atom is 0.344 e. The molecule has 9 heteroatoms. The Morgan fingerprint density at radius 1 is 1.30 bits per heavy atom. The van der Waals surface area contributed by atoms with Crippen molar-refractivity contribution < 1.29 is 18.4 Å². The van der Waals surface area contributed by atoms with Gasteiger partial charge in [-0.15, -0.1) is 4.40 Å². The smallest absolute Gasteiger partial charge is 0.344 e. The normalized spacial score (nSPS) is 25.1. The van der Waals surface area contributed by atoms with Crippen molar-refractivity contribution in [1.82, 2.24) is 9.96 Å². The number of aryl methyl sites for hydroxylation is 1. The first-order valence-corrected chi connectivity index (χ1v) is 8.69. The lowest BCUT2D eigenvalue weighted by Crippen LogP contribution is -2.48. The van der Waals surface area contributed by atoms with E-state index in [1.165, 1.54) is 17.0 Å². The maximum absolute atomic E-state index is 12.3. The van der Waals surface area contributed by atoms with Crippen LogP contribution in [0.1, 0.15) is 18.4 Å². The van der Waals surface area contributed by atoms with Crippen molar-refractivity contribution in [3.63, 3.8) is 0 Å². The second-order valence-electron chi connectivity index (χ2n) is 5.83. The maximum atomic E-state index is 12.3. The molecule has 2 fully saturated rings. The van der Waals surface area contributed by atoms with Gasteiger partial charge >= 0.3 is 6.03 Å². The van der Waals surface area contributed by atoms with Crippen molar-refractivity contribution >= 4 is 21.9 Å². The van der Waals surface area contributed by atoms with Crippen LogP contribution in [0.3, 0.4) is 0 Å². The number of hydrogen-bond donors (Lipinski definition) is 2. The molecule has 2 aliphatic heterocycles. The Labute approximate surface area is 134 Å². The van der Waals surface area contributed by atoms with Gasteiger partial charge in [0, 0.05) is 6.54 Å². The standard InChI is InChI=1S/C14H18N4O4S/c1-9-2-5-11(6-3-9)23(21,22)16-13(15)12-7-4-10-8-17(12)14(19)18(10)20/h2-3,5-6,10,12,20H,4,7-8H2,1H3,(H2,15,16)/t10-,12+/m1/s1. The SMILES string of the molecule is Cc1ccc(S(=O)(=O)N=C(N)[C@@H]2CC[C@@H]3CN2C(=O)N3O)cc1. The number of benzene rings is 1. The second-order valence-corrected chi connectivity index (χ2v) is 7.43. The predicted molar refractivity (Wildman–Crippen MR) is 82.5 cm³/mol. The molecule has 3 rings (SSSR count). The van der Waals surface area contributed by atoms with Gasteiger partial charge in [0.05, 0.1) is 17.0 Å². The van der Waals surface area contributed by atoms with Crippen molar-refractivity contribution in [3.05, 3.63) is 29.8 Å². The minimum atomic E-state index is -3.93. The molecule has 2 aliphatic rings. The number of amides is 2. The number of amidine groups is 1. The molecule has 2 saturated heterocycles. The van der Waals surface area contributed by atoms with E-state index in [0.29, 0.717) is 24.4 Å². The molecule has 1 aromatic rings. The van der Waals surface area contributed by atoms with Crippen LogP contribution in [0.15, 0.2) is 33.6 Å². The monoisotopic (exact) mass is 338 g/mol. The number of sulfonamides is 1. The summed E-state index contributed by atoms with van der Waals surface area (Å²) in [6.45, 7) is 2.17. The van der Waals surface area contributed by atoms with Gasteiger partial charge in [-0.25, -0.2) is 9.86 Å². The van der Waals surface area contributed by atoms with Crippen LogP contribution in [0.4, 0.5) is 4.79 Å². The minimum absolute atomic E-state index is 0.0521.